The molecule has 0 radical (unpaired) electrons. The van der Waals surface area contributed by atoms with Gasteiger partial charge in [0, 0.05) is 13.2 Å². The van der Waals surface area contributed by atoms with Crippen LogP contribution in [0.2, 0.25) is 0 Å². The molecule has 0 aliphatic rings. The van der Waals surface area contributed by atoms with Crippen molar-refractivity contribution in [3.63, 3.8) is 0 Å². The summed E-state index contributed by atoms with van der Waals surface area (Å²) in [5.74, 6) is 0.910. The molecule has 0 bridgehead atoms. The van der Waals surface area contributed by atoms with Gasteiger partial charge >= 0.3 is 0 Å². The predicted molar refractivity (Wildman–Crippen MR) is 55.5 cm³/mol. The van der Waals surface area contributed by atoms with Gasteiger partial charge in [0.1, 0.15) is 5.82 Å². The van der Waals surface area contributed by atoms with Crippen molar-refractivity contribution < 1.29 is 0 Å². The first-order valence-electron chi connectivity index (χ1n) is 3.52. The first-order chi connectivity index (χ1) is 4.93. The van der Waals surface area contributed by atoms with Crippen molar-refractivity contribution in [3.05, 3.63) is 24.4 Å². The molecule has 3 heteroatoms. The molecule has 1 aromatic heterocycles. The van der Waals surface area contributed by atoms with Gasteiger partial charge in [-0.15, -0.1) is 0 Å². The van der Waals surface area contributed by atoms with E-state index in [1.807, 2.05) is 39.1 Å². The molecule has 11 heavy (non-hydrogen) atoms. The van der Waals surface area contributed by atoms with Crippen LogP contribution in [-0.4, -0.2) is 12.0 Å². The van der Waals surface area contributed by atoms with Crippen LogP contribution in [0.5, 0.6) is 0 Å². The second kappa shape index (κ2) is 9.30. The zero-order valence-corrected chi connectivity index (χ0v) is 8.26. The molecule has 0 aliphatic carbocycles. The summed E-state index contributed by atoms with van der Waals surface area (Å²) in [4.78, 5) is 3.99. The second-order valence-corrected chi connectivity index (χ2v) is 1.46. The molecule has 2 nitrogen and oxygen atoms in total. The minimum absolute atomic E-state index is 0. The molecule has 1 rings (SSSR count). The Labute approximate surface area is 75.5 Å². The van der Waals surface area contributed by atoms with Gasteiger partial charge in [0.15, 0.2) is 0 Å². The molecule has 1 aromatic rings. The quantitative estimate of drug-likeness (QED) is 0.703. The summed E-state index contributed by atoms with van der Waals surface area (Å²) in [6.07, 6.45) is 1.76. The summed E-state index contributed by atoms with van der Waals surface area (Å²) in [5.41, 5.74) is 0. The van der Waals surface area contributed by atoms with Crippen molar-refractivity contribution in [1.29, 1.82) is 0 Å². The summed E-state index contributed by atoms with van der Waals surface area (Å²) in [6.45, 7) is 4.00. The minimum Gasteiger partial charge on any atom is -0.373 e. The van der Waals surface area contributed by atoms with Crippen LogP contribution in [0.15, 0.2) is 24.4 Å². The molecule has 0 atom stereocenters. The molecule has 0 aliphatic heterocycles. The maximum atomic E-state index is 3.99. The van der Waals surface area contributed by atoms with Crippen molar-refractivity contribution in [2.75, 3.05) is 12.4 Å². The highest BCUT2D eigenvalue weighted by Gasteiger charge is 1.79. The molecule has 1 N–H and O–H groups in total. The largest absolute Gasteiger partial charge is 0.373 e. The lowest BCUT2D eigenvalue weighted by Gasteiger charge is -1.92. The Morgan fingerprint density at radius 1 is 1.27 bits per heavy atom. The van der Waals surface area contributed by atoms with E-state index < -0.39 is 0 Å². The van der Waals surface area contributed by atoms with Crippen LogP contribution < -0.4 is 5.32 Å². The third-order valence-corrected chi connectivity index (χ3v) is 0.921. The van der Waals surface area contributed by atoms with Crippen LogP contribution in [0.25, 0.3) is 0 Å². The molecule has 1 heterocycles. The number of nitrogens with zero attached hydrogens (tertiary/aromatic N) is 1. The van der Waals surface area contributed by atoms with E-state index in [9.17, 15) is 0 Å². The molecule has 0 unspecified atom stereocenters. The molecule has 64 valence electrons. The monoisotopic (exact) mass is 172 g/mol. The van der Waals surface area contributed by atoms with E-state index in [1.54, 1.807) is 6.20 Å². The van der Waals surface area contributed by atoms with E-state index in [1.165, 1.54) is 0 Å². The fourth-order valence-corrected chi connectivity index (χ4v) is 0.511. The number of hydrogen-bond acceptors (Lipinski definition) is 2. The van der Waals surface area contributed by atoms with Gasteiger partial charge in [0.05, 0.1) is 0 Å². The van der Waals surface area contributed by atoms with Gasteiger partial charge in [0.25, 0.3) is 0 Å². The SMILES string of the molecule is CC.CNc1ccccn1.S. The van der Waals surface area contributed by atoms with Crippen LogP contribution in [0, 0.1) is 0 Å². The molecular weight excluding hydrogens is 156 g/mol. The van der Waals surface area contributed by atoms with E-state index >= 15 is 0 Å². The van der Waals surface area contributed by atoms with Gasteiger partial charge in [-0.05, 0) is 12.1 Å². The molecule has 0 spiro atoms. The average Bonchev–Trinajstić information content (AvgIpc) is 2.10. The number of hydrogen-bond donors (Lipinski definition) is 1. The number of nitrogens with one attached hydrogen (secondary N) is 1. The Morgan fingerprint density at radius 3 is 2.18 bits per heavy atom. The maximum absolute atomic E-state index is 3.99. The number of aromatic nitrogens is 1. The zero-order chi connectivity index (χ0) is 7.82. The van der Waals surface area contributed by atoms with Gasteiger partial charge in [-0.25, -0.2) is 4.98 Å². The molecule has 0 saturated heterocycles. The average molecular weight is 172 g/mol. The smallest absolute Gasteiger partial charge is 0.125 e. The lowest BCUT2D eigenvalue weighted by Crippen LogP contribution is -1.88. The summed E-state index contributed by atoms with van der Waals surface area (Å²) in [6, 6.07) is 5.75. The van der Waals surface area contributed by atoms with E-state index in [4.69, 9.17) is 0 Å². The van der Waals surface area contributed by atoms with Crippen molar-refractivity contribution in [2.45, 2.75) is 13.8 Å². The Morgan fingerprint density at radius 2 is 1.91 bits per heavy atom. The Hall–Kier alpha value is -0.700. The van der Waals surface area contributed by atoms with E-state index in [0.717, 1.165) is 5.82 Å². The van der Waals surface area contributed by atoms with E-state index in [0.29, 0.717) is 0 Å². The van der Waals surface area contributed by atoms with Gasteiger partial charge in [-0.3, -0.25) is 0 Å². The third-order valence-electron chi connectivity index (χ3n) is 0.921. The fraction of sp³-hybridized carbons (Fsp3) is 0.375. The number of rotatable bonds is 1. The lowest BCUT2D eigenvalue weighted by molar-refractivity contribution is 1.29. The Kier molecular flexibility index (Phi) is 10.9. The van der Waals surface area contributed by atoms with Crippen LogP contribution in [0.4, 0.5) is 5.82 Å². The minimum atomic E-state index is 0. The van der Waals surface area contributed by atoms with Crippen molar-refractivity contribution >= 4 is 19.3 Å². The highest BCUT2D eigenvalue weighted by molar-refractivity contribution is 7.59. The zero-order valence-electron chi connectivity index (χ0n) is 7.26. The van der Waals surface area contributed by atoms with Crippen molar-refractivity contribution in [1.82, 2.24) is 4.98 Å². The molecule has 0 fully saturated rings. The van der Waals surface area contributed by atoms with Crippen molar-refractivity contribution in [3.8, 4) is 0 Å². The van der Waals surface area contributed by atoms with Crippen LogP contribution in [0.3, 0.4) is 0 Å². The standard InChI is InChI=1S/C6H8N2.C2H6.H2S/c1-7-6-4-2-3-5-8-6;1-2;/h2-5H,1H3,(H,7,8);1-2H3;1H2. The van der Waals surface area contributed by atoms with E-state index in [2.05, 4.69) is 10.3 Å². The normalized spacial score (nSPS) is 6.82. The second-order valence-electron chi connectivity index (χ2n) is 1.46. The summed E-state index contributed by atoms with van der Waals surface area (Å²) < 4.78 is 0. The number of pyridine rings is 1. The topological polar surface area (TPSA) is 24.9 Å². The van der Waals surface area contributed by atoms with Gasteiger partial charge in [0.2, 0.25) is 0 Å². The van der Waals surface area contributed by atoms with Crippen LogP contribution >= 0.6 is 13.5 Å². The first-order valence-corrected chi connectivity index (χ1v) is 3.52. The predicted octanol–water partition coefficient (Wildman–Crippen LogP) is 2.26. The summed E-state index contributed by atoms with van der Waals surface area (Å²) in [7, 11) is 1.85. The van der Waals surface area contributed by atoms with Crippen LogP contribution in [-0.2, 0) is 0 Å². The molecule has 0 amide bonds. The van der Waals surface area contributed by atoms with Crippen LogP contribution in [0.1, 0.15) is 13.8 Å². The highest BCUT2D eigenvalue weighted by atomic mass is 32.1. The third kappa shape index (κ3) is 5.73. The van der Waals surface area contributed by atoms with Gasteiger partial charge < -0.3 is 5.32 Å². The van der Waals surface area contributed by atoms with Crippen molar-refractivity contribution in [2.24, 2.45) is 0 Å². The highest BCUT2D eigenvalue weighted by Crippen LogP contribution is 1.95. The van der Waals surface area contributed by atoms with Gasteiger partial charge in [-0.1, -0.05) is 19.9 Å². The summed E-state index contributed by atoms with van der Waals surface area (Å²) >= 11 is 0. The molecule has 0 saturated carbocycles. The molecule has 0 aromatic carbocycles. The summed E-state index contributed by atoms with van der Waals surface area (Å²) in [5, 5.41) is 2.92. The van der Waals surface area contributed by atoms with Gasteiger partial charge in [-0.2, -0.15) is 13.5 Å². The van der Waals surface area contributed by atoms with E-state index in [-0.39, 0.29) is 13.5 Å². The fourth-order valence-electron chi connectivity index (χ4n) is 0.511. The number of anilines is 1. The first kappa shape index (κ1) is 12.9. The Balaban J connectivity index is 0. The lowest BCUT2D eigenvalue weighted by atomic mass is 10.5. The maximum Gasteiger partial charge on any atom is 0.125 e. The molecular formula is C8H16N2S. The Bertz CT molecular complexity index is 153.